The highest BCUT2D eigenvalue weighted by Crippen LogP contribution is 2.15. The molecule has 1 heterocycles. The van der Waals surface area contributed by atoms with Crippen molar-refractivity contribution in [1.29, 1.82) is 0 Å². The minimum atomic E-state index is 0.0323. The predicted molar refractivity (Wildman–Crippen MR) is 80.2 cm³/mol. The molecule has 19 heavy (non-hydrogen) atoms. The van der Waals surface area contributed by atoms with Gasteiger partial charge in [0.1, 0.15) is 6.04 Å². The van der Waals surface area contributed by atoms with E-state index in [9.17, 15) is 4.79 Å². The van der Waals surface area contributed by atoms with E-state index in [1.54, 1.807) is 4.90 Å². The van der Waals surface area contributed by atoms with Gasteiger partial charge in [0.15, 0.2) is 0 Å². The number of hydrogen-bond donors (Lipinski definition) is 0. The van der Waals surface area contributed by atoms with Gasteiger partial charge in [0, 0.05) is 46.8 Å². The van der Waals surface area contributed by atoms with Crippen molar-refractivity contribution in [2.75, 3.05) is 46.8 Å². The average molecular weight is 269 g/mol. The van der Waals surface area contributed by atoms with E-state index in [0.29, 0.717) is 11.8 Å². The predicted octanol–water partition coefficient (Wildman–Crippen LogP) is 1.37. The van der Waals surface area contributed by atoms with Gasteiger partial charge in [-0.25, -0.2) is 0 Å². The van der Waals surface area contributed by atoms with E-state index in [0.717, 1.165) is 32.7 Å². The quantitative estimate of drug-likeness (QED) is 0.754. The summed E-state index contributed by atoms with van der Waals surface area (Å²) in [5.74, 6) is 1.51. The highest BCUT2D eigenvalue weighted by Gasteiger charge is 2.33. The largest absolute Gasteiger partial charge is 0.347 e. The van der Waals surface area contributed by atoms with Crippen LogP contribution in [0.3, 0.4) is 0 Å². The summed E-state index contributed by atoms with van der Waals surface area (Å²) in [6.45, 7) is 14.0. The fourth-order valence-corrected chi connectivity index (χ4v) is 2.78. The van der Waals surface area contributed by atoms with Crippen molar-refractivity contribution >= 4 is 5.91 Å². The van der Waals surface area contributed by atoms with Crippen molar-refractivity contribution in [1.82, 2.24) is 14.7 Å². The van der Waals surface area contributed by atoms with Crippen LogP contribution in [0.15, 0.2) is 0 Å². The lowest BCUT2D eigenvalue weighted by Crippen LogP contribution is -2.59. The van der Waals surface area contributed by atoms with Gasteiger partial charge in [0.25, 0.3) is 0 Å². The van der Waals surface area contributed by atoms with Crippen LogP contribution in [0.5, 0.6) is 0 Å². The number of nitrogens with zero attached hydrogens (tertiary/aromatic N) is 3. The standard InChI is InChI=1S/C15H31N3O/c1-12(2)9-17-7-8-18(10-13(3)4)14(11-17)15(19)16(5)6/h12-14H,7-11H2,1-6H3. The molecule has 0 spiro atoms. The van der Waals surface area contributed by atoms with E-state index in [1.165, 1.54) is 0 Å². The summed E-state index contributed by atoms with van der Waals surface area (Å²) in [4.78, 5) is 18.9. The molecule has 0 bridgehead atoms. The maximum absolute atomic E-state index is 12.4. The first-order valence-corrected chi connectivity index (χ1v) is 7.48. The topological polar surface area (TPSA) is 26.8 Å². The highest BCUT2D eigenvalue weighted by molar-refractivity contribution is 5.81. The molecule has 0 radical (unpaired) electrons. The van der Waals surface area contributed by atoms with Gasteiger partial charge in [-0.2, -0.15) is 0 Å². The van der Waals surface area contributed by atoms with Gasteiger partial charge in [0.05, 0.1) is 0 Å². The van der Waals surface area contributed by atoms with Gasteiger partial charge in [-0.05, 0) is 11.8 Å². The van der Waals surface area contributed by atoms with E-state index in [1.807, 2.05) is 14.1 Å². The minimum absolute atomic E-state index is 0.0323. The Hall–Kier alpha value is -0.610. The van der Waals surface area contributed by atoms with Crippen LogP contribution in [-0.4, -0.2) is 73.5 Å². The molecule has 1 atom stereocenters. The van der Waals surface area contributed by atoms with Crippen LogP contribution >= 0.6 is 0 Å². The molecular formula is C15H31N3O. The van der Waals surface area contributed by atoms with Crippen molar-refractivity contribution in [3.8, 4) is 0 Å². The minimum Gasteiger partial charge on any atom is -0.347 e. The number of carbonyl (C=O) groups is 1. The second-order valence-electron chi connectivity index (χ2n) is 6.79. The highest BCUT2D eigenvalue weighted by atomic mass is 16.2. The summed E-state index contributed by atoms with van der Waals surface area (Å²) in [6, 6.07) is 0.0323. The van der Waals surface area contributed by atoms with Gasteiger partial charge in [-0.3, -0.25) is 14.6 Å². The summed E-state index contributed by atoms with van der Waals surface area (Å²) >= 11 is 0. The lowest BCUT2D eigenvalue weighted by Gasteiger charge is -2.42. The normalized spacial score (nSPS) is 22.2. The zero-order chi connectivity index (χ0) is 14.6. The monoisotopic (exact) mass is 269 g/mol. The second kappa shape index (κ2) is 7.25. The van der Waals surface area contributed by atoms with E-state index in [-0.39, 0.29) is 11.9 Å². The van der Waals surface area contributed by atoms with Gasteiger partial charge < -0.3 is 4.90 Å². The first-order valence-electron chi connectivity index (χ1n) is 7.48. The molecule has 1 amide bonds. The Morgan fingerprint density at radius 1 is 1.11 bits per heavy atom. The first kappa shape index (κ1) is 16.4. The number of hydrogen-bond acceptors (Lipinski definition) is 3. The maximum Gasteiger partial charge on any atom is 0.240 e. The molecule has 1 aliphatic rings. The molecule has 0 aliphatic carbocycles. The Morgan fingerprint density at radius 3 is 2.16 bits per heavy atom. The molecule has 112 valence electrons. The molecule has 1 aliphatic heterocycles. The second-order valence-corrected chi connectivity index (χ2v) is 6.79. The fourth-order valence-electron chi connectivity index (χ4n) is 2.78. The molecule has 0 saturated carbocycles. The van der Waals surface area contributed by atoms with Crippen LogP contribution in [0.25, 0.3) is 0 Å². The molecule has 0 aromatic rings. The summed E-state index contributed by atoms with van der Waals surface area (Å²) in [5, 5.41) is 0. The Labute approximate surface area is 118 Å². The van der Waals surface area contributed by atoms with Crippen LogP contribution in [0.4, 0.5) is 0 Å². The van der Waals surface area contributed by atoms with Crippen molar-refractivity contribution in [2.24, 2.45) is 11.8 Å². The third-order valence-corrected chi connectivity index (χ3v) is 3.52. The van der Waals surface area contributed by atoms with Gasteiger partial charge >= 0.3 is 0 Å². The molecule has 4 heteroatoms. The maximum atomic E-state index is 12.4. The number of likely N-dealkylation sites (N-methyl/N-ethyl adjacent to an activating group) is 1. The molecule has 0 aromatic carbocycles. The molecule has 0 N–H and O–H groups in total. The van der Waals surface area contributed by atoms with Gasteiger partial charge in [0.2, 0.25) is 5.91 Å². The number of rotatable bonds is 5. The molecule has 1 saturated heterocycles. The molecule has 4 nitrogen and oxygen atoms in total. The van der Waals surface area contributed by atoms with E-state index in [4.69, 9.17) is 0 Å². The molecule has 1 fully saturated rings. The third kappa shape index (κ3) is 5.11. The summed E-state index contributed by atoms with van der Waals surface area (Å²) < 4.78 is 0. The van der Waals surface area contributed by atoms with E-state index < -0.39 is 0 Å². The zero-order valence-corrected chi connectivity index (χ0v) is 13.5. The Balaban J connectivity index is 2.71. The first-order chi connectivity index (χ1) is 8.81. The van der Waals surface area contributed by atoms with Crippen molar-refractivity contribution in [3.63, 3.8) is 0 Å². The molecular weight excluding hydrogens is 238 g/mol. The average Bonchev–Trinajstić information content (AvgIpc) is 2.28. The Kier molecular flexibility index (Phi) is 6.27. The van der Waals surface area contributed by atoms with Crippen LogP contribution in [0, 0.1) is 11.8 Å². The Bertz CT molecular complexity index is 289. The third-order valence-electron chi connectivity index (χ3n) is 3.52. The van der Waals surface area contributed by atoms with Crippen LogP contribution in [0.2, 0.25) is 0 Å². The summed E-state index contributed by atoms with van der Waals surface area (Å²) in [7, 11) is 3.72. The molecule has 0 aromatic heterocycles. The van der Waals surface area contributed by atoms with Gasteiger partial charge in [-0.15, -0.1) is 0 Å². The number of amides is 1. The van der Waals surface area contributed by atoms with Crippen LogP contribution in [0.1, 0.15) is 27.7 Å². The molecule has 1 rings (SSSR count). The summed E-state index contributed by atoms with van der Waals surface area (Å²) in [5.41, 5.74) is 0. The lowest BCUT2D eigenvalue weighted by molar-refractivity contribution is -0.137. The zero-order valence-electron chi connectivity index (χ0n) is 13.5. The van der Waals surface area contributed by atoms with Crippen LogP contribution in [-0.2, 0) is 4.79 Å². The van der Waals surface area contributed by atoms with E-state index in [2.05, 4.69) is 37.5 Å². The Morgan fingerprint density at radius 2 is 1.68 bits per heavy atom. The van der Waals surface area contributed by atoms with E-state index >= 15 is 0 Å². The van der Waals surface area contributed by atoms with Gasteiger partial charge in [-0.1, -0.05) is 27.7 Å². The van der Waals surface area contributed by atoms with Crippen molar-refractivity contribution in [2.45, 2.75) is 33.7 Å². The van der Waals surface area contributed by atoms with Crippen molar-refractivity contribution < 1.29 is 4.79 Å². The SMILES string of the molecule is CC(C)CN1CCN(CC(C)C)C(C(=O)N(C)C)C1. The smallest absolute Gasteiger partial charge is 0.240 e. The van der Waals surface area contributed by atoms with Crippen LogP contribution < -0.4 is 0 Å². The number of piperazine rings is 1. The number of carbonyl (C=O) groups excluding carboxylic acids is 1. The summed E-state index contributed by atoms with van der Waals surface area (Å²) in [6.07, 6.45) is 0. The molecule has 1 unspecified atom stereocenters. The lowest BCUT2D eigenvalue weighted by atomic mass is 10.1. The van der Waals surface area contributed by atoms with Crippen molar-refractivity contribution in [3.05, 3.63) is 0 Å². The fraction of sp³-hybridized carbons (Fsp3) is 0.933.